The van der Waals surface area contributed by atoms with Gasteiger partial charge in [-0.3, -0.25) is 14.5 Å². The predicted octanol–water partition coefficient (Wildman–Crippen LogP) is 2.30. The molecule has 1 N–H and O–H groups in total. The second-order valence-electron chi connectivity index (χ2n) is 5.00. The fourth-order valence-corrected chi connectivity index (χ4v) is 2.62. The maximum Gasteiger partial charge on any atom is 0.262 e. The molecule has 2 amide bonds. The van der Waals surface area contributed by atoms with E-state index in [1.54, 1.807) is 36.4 Å². The Morgan fingerprint density at radius 3 is 2.61 bits per heavy atom. The van der Waals surface area contributed by atoms with Crippen LogP contribution in [-0.2, 0) is 4.79 Å². The Morgan fingerprint density at radius 1 is 1.09 bits per heavy atom. The van der Waals surface area contributed by atoms with Crippen LogP contribution in [0.3, 0.4) is 0 Å². The first-order chi connectivity index (χ1) is 11.2. The van der Waals surface area contributed by atoms with E-state index in [0.29, 0.717) is 28.4 Å². The van der Waals surface area contributed by atoms with Crippen molar-refractivity contribution >= 4 is 23.2 Å². The summed E-state index contributed by atoms with van der Waals surface area (Å²) in [5.74, 6) is 0.263. The first kappa shape index (κ1) is 14.9. The molecule has 0 aromatic heterocycles. The number of fused-ring (bicyclic) bond motifs is 1. The number of carbonyl (C=O) groups excluding carboxylic acids is 2. The Kier molecular flexibility index (Phi) is 3.89. The van der Waals surface area contributed by atoms with Crippen molar-refractivity contribution in [2.75, 3.05) is 31.0 Å². The fraction of sp³-hybridized carbons (Fsp3) is 0.176. The normalized spacial score (nSPS) is 13.1. The average molecular weight is 312 g/mol. The van der Waals surface area contributed by atoms with Gasteiger partial charge in [-0.1, -0.05) is 18.2 Å². The number of hydrogen-bond donors (Lipinski definition) is 1. The van der Waals surface area contributed by atoms with Gasteiger partial charge in [0.25, 0.3) is 5.91 Å². The molecule has 0 saturated heterocycles. The molecule has 1 aliphatic heterocycles. The second kappa shape index (κ2) is 6.00. The lowest BCUT2D eigenvalue weighted by molar-refractivity contribution is -0.115. The molecule has 0 bridgehead atoms. The molecule has 0 radical (unpaired) electrons. The van der Waals surface area contributed by atoms with Gasteiger partial charge in [-0.25, -0.2) is 0 Å². The Morgan fingerprint density at radius 2 is 1.87 bits per heavy atom. The van der Waals surface area contributed by atoms with Gasteiger partial charge in [0.2, 0.25) is 5.91 Å². The zero-order valence-corrected chi connectivity index (χ0v) is 12.8. The molecule has 0 fully saturated rings. The van der Waals surface area contributed by atoms with Gasteiger partial charge in [0.15, 0.2) is 11.5 Å². The number of carbonyl (C=O) groups is 2. The van der Waals surface area contributed by atoms with E-state index >= 15 is 0 Å². The summed E-state index contributed by atoms with van der Waals surface area (Å²) in [4.78, 5) is 26.3. The van der Waals surface area contributed by atoms with Gasteiger partial charge in [0.05, 0.1) is 31.2 Å². The molecule has 0 saturated carbocycles. The van der Waals surface area contributed by atoms with Crippen LogP contribution < -0.4 is 19.7 Å². The summed E-state index contributed by atoms with van der Waals surface area (Å²) in [6, 6.07) is 12.3. The summed E-state index contributed by atoms with van der Waals surface area (Å²) >= 11 is 0. The Labute approximate surface area is 133 Å². The standard InChI is InChI=1S/C17H16N2O4/c1-22-14-9-5-6-11(16(14)23-2)17(21)19-10-15(20)18-12-7-3-4-8-13(12)19/h3-9H,10H2,1-2H3,(H,18,20). The Balaban J connectivity index is 2.06. The van der Waals surface area contributed by atoms with E-state index in [1.807, 2.05) is 6.07 Å². The number of ether oxygens (including phenoxy) is 2. The molecular weight excluding hydrogens is 296 g/mol. The highest BCUT2D eigenvalue weighted by Crippen LogP contribution is 2.35. The topological polar surface area (TPSA) is 67.9 Å². The van der Waals surface area contributed by atoms with Crippen LogP contribution in [0, 0.1) is 0 Å². The molecule has 118 valence electrons. The number of rotatable bonds is 3. The molecule has 6 heteroatoms. The van der Waals surface area contributed by atoms with Crippen molar-refractivity contribution in [2.24, 2.45) is 0 Å². The molecular formula is C17H16N2O4. The second-order valence-corrected chi connectivity index (χ2v) is 5.00. The number of para-hydroxylation sites is 3. The smallest absolute Gasteiger partial charge is 0.262 e. The Hall–Kier alpha value is -3.02. The molecule has 23 heavy (non-hydrogen) atoms. The average Bonchev–Trinajstić information content (AvgIpc) is 2.59. The van der Waals surface area contributed by atoms with Gasteiger partial charge in [-0.05, 0) is 24.3 Å². The van der Waals surface area contributed by atoms with Crippen LogP contribution >= 0.6 is 0 Å². The number of nitrogens with one attached hydrogen (secondary N) is 1. The quantitative estimate of drug-likeness (QED) is 0.944. The first-order valence-electron chi connectivity index (χ1n) is 7.07. The van der Waals surface area contributed by atoms with Crippen molar-refractivity contribution in [3.8, 4) is 11.5 Å². The van der Waals surface area contributed by atoms with Gasteiger partial charge in [0, 0.05) is 0 Å². The minimum absolute atomic E-state index is 0.0454. The van der Waals surface area contributed by atoms with E-state index < -0.39 is 0 Å². The zero-order valence-electron chi connectivity index (χ0n) is 12.8. The number of amides is 2. The van der Waals surface area contributed by atoms with Gasteiger partial charge in [-0.15, -0.1) is 0 Å². The maximum absolute atomic E-state index is 13.0. The van der Waals surface area contributed by atoms with Crippen molar-refractivity contribution in [3.63, 3.8) is 0 Å². The van der Waals surface area contributed by atoms with Crippen LogP contribution in [-0.4, -0.2) is 32.6 Å². The van der Waals surface area contributed by atoms with E-state index in [4.69, 9.17) is 9.47 Å². The summed E-state index contributed by atoms with van der Waals surface area (Å²) in [7, 11) is 2.99. The third kappa shape index (κ3) is 2.59. The predicted molar refractivity (Wildman–Crippen MR) is 86.3 cm³/mol. The number of benzene rings is 2. The molecule has 2 aromatic carbocycles. The summed E-state index contributed by atoms with van der Waals surface area (Å²) < 4.78 is 10.6. The summed E-state index contributed by atoms with van der Waals surface area (Å²) in [5, 5.41) is 2.76. The van der Waals surface area contributed by atoms with Crippen LogP contribution in [0.2, 0.25) is 0 Å². The van der Waals surface area contributed by atoms with E-state index in [2.05, 4.69) is 5.32 Å². The largest absolute Gasteiger partial charge is 0.493 e. The number of methoxy groups -OCH3 is 2. The highest BCUT2D eigenvalue weighted by molar-refractivity contribution is 6.16. The summed E-state index contributed by atoms with van der Waals surface area (Å²) in [6.07, 6.45) is 0. The van der Waals surface area contributed by atoms with E-state index in [0.717, 1.165) is 0 Å². The first-order valence-corrected chi connectivity index (χ1v) is 7.07. The lowest BCUT2D eigenvalue weighted by Gasteiger charge is -2.29. The van der Waals surface area contributed by atoms with Gasteiger partial charge >= 0.3 is 0 Å². The highest BCUT2D eigenvalue weighted by Gasteiger charge is 2.29. The molecule has 6 nitrogen and oxygen atoms in total. The molecule has 0 unspecified atom stereocenters. The monoisotopic (exact) mass is 312 g/mol. The van der Waals surface area contributed by atoms with Crippen LogP contribution in [0.25, 0.3) is 0 Å². The van der Waals surface area contributed by atoms with Gasteiger partial charge < -0.3 is 14.8 Å². The van der Waals surface area contributed by atoms with E-state index in [-0.39, 0.29) is 18.4 Å². The van der Waals surface area contributed by atoms with Crippen LogP contribution in [0.4, 0.5) is 11.4 Å². The van der Waals surface area contributed by atoms with Gasteiger partial charge in [0.1, 0.15) is 6.54 Å². The lowest BCUT2D eigenvalue weighted by Crippen LogP contribution is -2.42. The van der Waals surface area contributed by atoms with Crippen LogP contribution in [0.5, 0.6) is 11.5 Å². The van der Waals surface area contributed by atoms with Crippen molar-refractivity contribution in [1.82, 2.24) is 0 Å². The Bertz CT molecular complexity index is 773. The van der Waals surface area contributed by atoms with Crippen molar-refractivity contribution in [1.29, 1.82) is 0 Å². The van der Waals surface area contributed by atoms with E-state index in [1.165, 1.54) is 19.1 Å². The van der Waals surface area contributed by atoms with Crippen molar-refractivity contribution in [2.45, 2.75) is 0 Å². The third-order valence-electron chi connectivity index (χ3n) is 3.65. The maximum atomic E-state index is 13.0. The molecule has 1 aliphatic rings. The minimum atomic E-state index is -0.317. The molecule has 0 aliphatic carbocycles. The zero-order chi connectivity index (χ0) is 16.4. The molecule has 0 spiro atoms. The number of anilines is 2. The van der Waals surface area contributed by atoms with Gasteiger partial charge in [-0.2, -0.15) is 0 Å². The van der Waals surface area contributed by atoms with Crippen LogP contribution in [0.15, 0.2) is 42.5 Å². The fourth-order valence-electron chi connectivity index (χ4n) is 2.62. The minimum Gasteiger partial charge on any atom is -0.493 e. The lowest BCUT2D eigenvalue weighted by atomic mass is 10.1. The van der Waals surface area contributed by atoms with Crippen molar-refractivity contribution in [3.05, 3.63) is 48.0 Å². The summed E-state index contributed by atoms with van der Waals surface area (Å²) in [6.45, 7) is -0.0454. The number of nitrogens with zero attached hydrogens (tertiary/aromatic N) is 1. The third-order valence-corrected chi connectivity index (χ3v) is 3.65. The molecule has 3 rings (SSSR count). The summed E-state index contributed by atoms with van der Waals surface area (Å²) in [5.41, 5.74) is 1.61. The molecule has 1 heterocycles. The van der Waals surface area contributed by atoms with Crippen LogP contribution in [0.1, 0.15) is 10.4 Å². The number of hydrogen-bond acceptors (Lipinski definition) is 4. The van der Waals surface area contributed by atoms with Crippen molar-refractivity contribution < 1.29 is 19.1 Å². The SMILES string of the molecule is COc1cccc(C(=O)N2CC(=O)Nc3ccccc32)c1OC. The van der Waals surface area contributed by atoms with E-state index in [9.17, 15) is 9.59 Å². The molecule has 2 aromatic rings. The highest BCUT2D eigenvalue weighted by atomic mass is 16.5. The molecule has 0 atom stereocenters.